The molecule has 0 saturated heterocycles. The maximum Gasteiger partial charge on any atom is 0.126 e. The SMILES string of the molecule is Cc1cc(CNC(C)C(C)C)ccc1F. The van der Waals surface area contributed by atoms with E-state index in [0.717, 1.165) is 12.1 Å². The molecule has 1 unspecified atom stereocenters. The molecule has 1 atom stereocenters. The van der Waals surface area contributed by atoms with Gasteiger partial charge in [0.05, 0.1) is 0 Å². The molecule has 0 spiro atoms. The Kier molecular flexibility index (Phi) is 4.28. The first-order valence-electron chi connectivity index (χ1n) is 5.49. The minimum atomic E-state index is -0.129. The zero-order chi connectivity index (χ0) is 11.4. The van der Waals surface area contributed by atoms with Crippen molar-refractivity contribution in [3.05, 3.63) is 35.1 Å². The van der Waals surface area contributed by atoms with Gasteiger partial charge in [0.15, 0.2) is 0 Å². The zero-order valence-electron chi connectivity index (χ0n) is 9.97. The molecule has 1 aromatic rings. The number of rotatable bonds is 4. The van der Waals surface area contributed by atoms with Crippen LogP contribution in [0, 0.1) is 18.7 Å². The summed E-state index contributed by atoms with van der Waals surface area (Å²) in [6, 6.07) is 5.75. The van der Waals surface area contributed by atoms with E-state index in [1.165, 1.54) is 6.07 Å². The second-order valence-corrected chi connectivity index (χ2v) is 4.50. The van der Waals surface area contributed by atoms with Crippen LogP contribution in [0.1, 0.15) is 31.9 Å². The monoisotopic (exact) mass is 209 g/mol. The zero-order valence-corrected chi connectivity index (χ0v) is 9.97. The number of hydrogen-bond acceptors (Lipinski definition) is 1. The van der Waals surface area contributed by atoms with E-state index in [1.807, 2.05) is 12.1 Å². The topological polar surface area (TPSA) is 12.0 Å². The van der Waals surface area contributed by atoms with Crippen LogP contribution < -0.4 is 5.32 Å². The van der Waals surface area contributed by atoms with Crippen LogP contribution in [-0.4, -0.2) is 6.04 Å². The van der Waals surface area contributed by atoms with Crippen LogP contribution in [0.5, 0.6) is 0 Å². The molecule has 2 heteroatoms. The second-order valence-electron chi connectivity index (χ2n) is 4.50. The summed E-state index contributed by atoms with van der Waals surface area (Å²) in [6.45, 7) is 9.15. The molecule has 1 nitrogen and oxygen atoms in total. The highest BCUT2D eigenvalue weighted by atomic mass is 19.1. The first-order valence-corrected chi connectivity index (χ1v) is 5.49. The third-order valence-corrected chi connectivity index (χ3v) is 2.85. The fourth-order valence-corrected chi connectivity index (χ4v) is 1.33. The summed E-state index contributed by atoms with van der Waals surface area (Å²) in [7, 11) is 0. The van der Waals surface area contributed by atoms with Gasteiger partial charge in [0, 0.05) is 12.6 Å². The summed E-state index contributed by atoms with van der Waals surface area (Å²) in [6.07, 6.45) is 0. The highest BCUT2D eigenvalue weighted by molar-refractivity contribution is 5.23. The molecule has 15 heavy (non-hydrogen) atoms. The lowest BCUT2D eigenvalue weighted by Crippen LogP contribution is -2.30. The lowest BCUT2D eigenvalue weighted by Gasteiger charge is -2.17. The van der Waals surface area contributed by atoms with Crippen LogP contribution in [0.2, 0.25) is 0 Å². The molecule has 0 aliphatic heterocycles. The van der Waals surface area contributed by atoms with Gasteiger partial charge in [-0.3, -0.25) is 0 Å². The first kappa shape index (κ1) is 12.2. The Labute approximate surface area is 91.7 Å². The lowest BCUT2D eigenvalue weighted by atomic mass is 10.1. The van der Waals surface area contributed by atoms with Crippen LogP contribution in [-0.2, 0) is 6.54 Å². The van der Waals surface area contributed by atoms with Crippen molar-refractivity contribution in [2.45, 2.75) is 40.3 Å². The summed E-state index contributed by atoms with van der Waals surface area (Å²) in [5, 5.41) is 3.42. The van der Waals surface area contributed by atoms with E-state index in [-0.39, 0.29) is 5.82 Å². The molecule has 0 fully saturated rings. The van der Waals surface area contributed by atoms with Gasteiger partial charge in [-0.25, -0.2) is 4.39 Å². The molecule has 0 aliphatic rings. The molecule has 0 aromatic heterocycles. The van der Waals surface area contributed by atoms with Gasteiger partial charge >= 0.3 is 0 Å². The van der Waals surface area contributed by atoms with Crippen LogP contribution in [0.25, 0.3) is 0 Å². The molecule has 1 N–H and O–H groups in total. The number of benzene rings is 1. The van der Waals surface area contributed by atoms with Crippen molar-refractivity contribution in [2.75, 3.05) is 0 Å². The first-order chi connectivity index (χ1) is 7.00. The van der Waals surface area contributed by atoms with E-state index in [1.54, 1.807) is 6.92 Å². The average molecular weight is 209 g/mol. The Hall–Kier alpha value is -0.890. The van der Waals surface area contributed by atoms with Crippen LogP contribution in [0.3, 0.4) is 0 Å². The molecule has 0 radical (unpaired) electrons. The van der Waals surface area contributed by atoms with E-state index in [0.29, 0.717) is 17.5 Å². The molecule has 1 rings (SSSR count). The van der Waals surface area contributed by atoms with Crippen LogP contribution in [0.4, 0.5) is 4.39 Å². The maximum absolute atomic E-state index is 13.0. The Morgan fingerprint density at radius 3 is 2.47 bits per heavy atom. The lowest BCUT2D eigenvalue weighted by molar-refractivity contribution is 0.426. The van der Waals surface area contributed by atoms with Crippen LogP contribution in [0.15, 0.2) is 18.2 Å². The van der Waals surface area contributed by atoms with Gasteiger partial charge < -0.3 is 5.32 Å². The van der Waals surface area contributed by atoms with E-state index in [9.17, 15) is 4.39 Å². The molecule has 0 amide bonds. The van der Waals surface area contributed by atoms with E-state index in [4.69, 9.17) is 0 Å². The minimum absolute atomic E-state index is 0.129. The molecule has 0 saturated carbocycles. The summed E-state index contributed by atoms with van der Waals surface area (Å²) in [5.74, 6) is 0.488. The minimum Gasteiger partial charge on any atom is -0.310 e. The molecule has 0 heterocycles. The van der Waals surface area contributed by atoms with Crippen molar-refractivity contribution in [1.29, 1.82) is 0 Å². The fourth-order valence-electron chi connectivity index (χ4n) is 1.33. The van der Waals surface area contributed by atoms with Crippen molar-refractivity contribution in [3.63, 3.8) is 0 Å². The van der Waals surface area contributed by atoms with Crippen molar-refractivity contribution in [3.8, 4) is 0 Å². The van der Waals surface area contributed by atoms with Gasteiger partial charge in [0.1, 0.15) is 5.82 Å². The van der Waals surface area contributed by atoms with Crippen molar-refractivity contribution in [2.24, 2.45) is 5.92 Å². The summed E-state index contributed by atoms with van der Waals surface area (Å²) < 4.78 is 13.0. The van der Waals surface area contributed by atoms with Gasteiger partial charge in [0.2, 0.25) is 0 Å². The third kappa shape index (κ3) is 3.63. The Morgan fingerprint density at radius 1 is 1.27 bits per heavy atom. The number of hydrogen-bond donors (Lipinski definition) is 1. The summed E-state index contributed by atoms with van der Waals surface area (Å²) in [5.41, 5.74) is 1.85. The number of halogens is 1. The standard InChI is InChI=1S/C13H20FN/c1-9(2)11(4)15-8-12-5-6-13(14)10(3)7-12/h5-7,9,11,15H,8H2,1-4H3. The van der Waals surface area contributed by atoms with Crippen LogP contribution >= 0.6 is 0 Å². The number of aryl methyl sites for hydroxylation is 1. The molecule has 1 aromatic carbocycles. The normalized spacial score (nSPS) is 13.2. The average Bonchev–Trinajstić information content (AvgIpc) is 2.19. The molecule has 84 valence electrons. The molecular formula is C13H20FN. The van der Waals surface area contributed by atoms with Gasteiger partial charge in [-0.15, -0.1) is 0 Å². The molecular weight excluding hydrogens is 189 g/mol. The molecule has 0 bridgehead atoms. The van der Waals surface area contributed by atoms with Gasteiger partial charge in [-0.2, -0.15) is 0 Å². The molecule has 0 aliphatic carbocycles. The third-order valence-electron chi connectivity index (χ3n) is 2.85. The van der Waals surface area contributed by atoms with Gasteiger partial charge in [-0.05, 0) is 37.0 Å². The second kappa shape index (κ2) is 5.26. The van der Waals surface area contributed by atoms with Gasteiger partial charge in [-0.1, -0.05) is 26.0 Å². The van der Waals surface area contributed by atoms with Crippen molar-refractivity contribution in [1.82, 2.24) is 5.32 Å². The van der Waals surface area contributed by atoms with E-state index in [2.05, 4.69) is 26.1 Å². The fraction of sp³-hybridized carbons (Fsp3) is 0.538. The smallest absolute Gasteiger partial charge is 0.126 e. The summed E-state index contributed by atoms with van der Waals surface area (Å²) in [4.78, 5) is 0. The predicted octanol–water partition coefficient (Wildman–Crippen LogP) is 3.27. The van der Waals surface area contributed by atoms with Gasteiger partial charge in [0.25, 0.3) is 0 Å². The Balaban J connectivity index is 2.55. The van der Waals surface area contributed by atoms with E-state index >= 15 is 0 Å². The Morgan fingerprint density at radius 2 is 1.93 bits per heavy atom. The Bertz CT molecular complexity index is 320. The maximum atomic E-state index is 13.0. The highest BCUT2D eigenvalue weighted by Crippen LogP contribution is 2.10. The van der Waals surface area contributed by atoms with Crippen molar-refractivity contribution < 1.29 is 4.39 Å². The highest BCUT2D eigenvalue weighted by Gasteiger charge is 2.06. The van der Waals surface area contributed by atoms with Crippen molar-refractivity contribution >= 4 is 0 Å². The van der Waals surface area contributed by atoms with E-state index < -0.39 is 0 Å². The number of nitrogens with one attached hydrogen (secondary N) is 1. The largest absolute Gasteiger partial charge is 0.310 e. The quantitative estimate of drug-likeness (QED) is 0.802. The predicted molar refractivity (Wildman–Crippen MR) is 62.3 cm³/mol. The summed E-state index contributed by atoms with van der Waals surface area (Å²) >= 11 is 0.